The van der Waals surface area contributed by atoms with E-state index in [1.165, 1.54) is 18.4 Å². The van der Waals surface area contributed by atoms with Crippen molar-refractivity contribution in [1.82, 2.24) is 15.5 Å². The molecule has 0 aliphatic carbocycles. The van der Waals surface area contributed by atoms with E-state index in [1.807, 2.05) is 6.07 Å². The largest absolute Gasteiger partial charge is 0.392 e. The highest BCUT2D eigenvalue weighted by molar-refractivity contribution is 5.85. The van der Waals surface area contributed by atoms with Crippen LogP contribution in [-0.4, -0.2) is 53.7 Å². The van der Waals surface area contributed by atoms with E-state index >= 15 is 0 Å². The van der Waals surface area contributed by atoms with Crippen molar-refractivity contribution in [2.24, 2.45) is 0 Å². The van der Waals surface area contributed by atoms with Crippen molar-refractivity contribution >= 4 is 30.7 Å². The van der Waals surface area contributed by atoms with Crippen LogP contribution in [0.1, 0.15) is 31.2 Å². The Labute approximate surface area is 162 Å². The number of benzene rings is 1. The number of halogens is 2. The highest BCUT2D eigenvalue weighted by atomic mass is 35.5. The van der Waals surface area contributed by atoms with E-state index in [0.29, 0.717) is 25.6 Å². The van der Waals surface area contributed by atoms with Crippen LogP contribution in [0.5, 0.6) is 0 Å². The Morgan fingerprint density at radius 3 is 2.68 bits per heavy atom. The van der Waals surface area contributed by atoms with Gasteiger partial charge in [-0.05, 0) is 31.4 Å². The molecule has 0 aromatic heterocycles. The number of likely N-dealkylation sites (tertiary alicyclic amines) is 1. The summed E-state index contributed by atoms with van der Waals surface area (Å²) in [5.41, 5.74) is 1.33. The Balaban J connectivity index is 0.00000156. The molecular formula is C18H29Cl2N3O2. The summed E-state index contributed by atoms with van der Waals surface area (Å²) < 4.78 is 0. The molecule has 3 atom stereocenters. The van der Waals surface area contributed by atoms with Crippen molar-refractivity contribution in [1.29, 1.82) is 0 Å². The minimum absolute atomic E-state index is 0. The number of carbonyl (C=O) groups excluding carboxylic acids is 1. The van der Waals surface area contributed by atoms with Crippen molar-refractivity contribution in [2.45, 2.75) is 50.4 Å². The summed E-state index contributed by atoms with van der Waals surface area (Å²) in [5, 5.41) is 15.7. The molecule has 0 saturated carbocycles. The quantitative estimate of drug-likeness (QED) is 0.717. The zero-order valence-corrected chi connectivity index (χ0v) is 16.0. The van der Waals surface area contributed by atoms with E-state index in [4.69, 9.17) is 0 Å². The van der Waals surface area contributed by atoms with Gasteiger partial charge in [0.15, 0.2) is 0 Å². The van der Waals surface area contributed by atoms with Crippen molar-refractivity contribution in [2.75, 3.05) is 19.6 Å². The van der Waals surface area contributed by atoms with Gasteiger partial charge in [-0.1, -0.05) is 36.8 Å². The lowest BCUT2D eigenvalue weighted by atomic mass is 10.0. The molecule has 2 heterocycles. The van der Waals surface area contributed by atoms with E-state index in [0.717, 1.165) is 19.5 Å². The fourth-order valence-electron chi connectivity index (χ4n) is 3.58. The third kappa shape index (κ3) is 6.42. The standard InChI is InChI=1S/C18H27N3O2.2ClH/c22-16-10-17(19-12-16)18(23)20-11-15-8-4-5-9-21(15)13-14-6-2-1-3-7-14;;/h1-3,6-7,15-17,19,22H,4-5,8-13H2,(H,20,23);2*1H. The first-order valence-electron chi connectivity index (χ1n) is 8.69. The minimum atomic E-state index is -0.394. The molecule has 5 nitrogen and oxygen atoms in total. The van der Waals surface area contributed by atoms with Crippen molar-refractivity contribution in [3.8, 4) is 0 Å². The van der Waals surface area contributed by atoms with Crippen molar-refractivity contribution < 1.29 is 9.90 Å². The average Bonchev–Trinajstić information content (AvgIpc) is 3.01. The third-order valence-electron chi connectivity index (χ3n) is 4.91. The van der Waals surface area contributed by atoms with Gasteiger partial charge in [-0.15, -0.1) is 24.8 Å². The SMILES string of the molecule is Cl.Cl.O=C(NCC1CCCCN1Cc1ccccc1)C1CC(O)CN1. The van der Waals surface area contributed by atoms with E-state index in [1.54, 1.807) is 0 Å². The molecule has 0 bridgehead atoms. The number of β-amino-alcohol motifs (C(OH)–C–C–N with tert-alkyl or cyclic N) is 1. The molecule has 0 spiro atoms. The number of nitrogens with zero attached hydrogens (tertiary/aromatic N) is 1. The molecule has 2 aliphatic rings. The van der Waals surface area contributed by atoms with Crippen LogP contribution in [0.3, 0.4) is 0 Å². The molecule has 0 radical (unpaired) electrons. The Bertz CT molecular complexity index is 518. The lowest BCUT2D eigenvalue weighted by Gasteiger charge is -2.36. The maximum atomic E-state index is 12.2. The van der Waals surface area contributed by atoms with Crippen LogP contribution >= 0.6 is 24.8 Å². The van der Waals surface area contributed by atoms with Crippen LogP contribution in [0.25, 0.3) is 0 Å². The second kappa shape index (κ2) is 11.0. The molecule has 2 fully saturated rings. The monoisotopic (exact) mass is 389 g/mol. The number of rotatable bonds is 5. The summed E-state index contributed by atoms with van der Waals surface area (Å²) in [5.74, 6) is 0.0202. The van der Waals surface area contributed by atoms with Gasteiger partial charge in [-0.2, -0.15) is 0 Å². The second-order valence-electron chi connectivity index (χ2n) is 6.70. The maximum absolute atomic E-state index is 12.2. The van der Waals surface area contributed by atoms with Gasteiger partial charge in [-0.3, -0.25) is 9.69 Å². The first-order valence-corrected chi connectivity index (χ1v) is 8.69. The summed E-state index contributed by atoms with van der Waals surface area (Å²) in [4.78, 5) is 14.7. The molecule has 25 heavy (non-hydrogen) atoms. The van der Waals surface area contributed by atoms with Gasteiger partial charge in [0, 0.05) is 25.7 Å². The smallest absolute Gasteiger partial charge is 0.237 e. The summed E-state index contributed by atoms with van der Waals surface area (Å²) >= 11 is 0. The molecule has 3 rings (SSSR count). The number of aliphatic hydroxyl groups is 1. The van der Waals surface area contributed by atoms with Gasteiger partial charge in [0.1, 0.15) is 0 Å². The number of nitrogens with one attached hydrogen (secondary N) is 2. The van der Waals surface area contributed by atoms with Gasteiger partial charge in [0.2, 0.25) is 5.91 Å². The number of carbonyl (C=O) groups is 1. The van der Waals surface area contributed by atoms with Crippen molar-refractivity contribution in [3.05, 3.63) is 35.9 Å². The Morgan fingerprint density at radius 1 is 1.24 bits per heavy atom. The Morgan fingerprint density at radius 2 is 2.00 bits per heavy atom. The second-order valence-corrected chi connectivity index (χ2v) is 6.70. The number of hydrogen-bond acceptors (Lipinski definition) is 4. The molecule has 3 unspecified atom stereocenters. The highest BCUT2D eigenvalue weighted by Crippen LogP contribution is 2.19. The Hall–Kier alpha value is -0.850. The number of aliphatic hydroxyl groups excluding tert-OH is 1. The van der Waals surface area contributed by atoms with E-state index < -0.39 is 6.10 Å². The van der Waals surface area contributed by atoms with Crippen LogP contribution in [0.2, 0.25) is 0 Å². The summed E-state index contributed by atoms with van der Waals surface area (Å²) in [6.45, 7) is 3.25. The number of amides is 1. The molecule has 1 aromatic rings. The molecule has 2 saturated heterocycles. The van der Waals surface area contributed by atoms with Crippen molar-refractivity contribution in [3.63, 3.8) is 0 Å². The molecule has 7 heteroatoms. The fourth-order valence-corrected chi connectivity index (χ4v) is 3.58. The van der Waals surface area contributed by atoms with Crippen LogP contribution < -0.4 is 10.6 Å². The molecular weight excluding hydrogens is 361 g/mol. The topological polar surface area (TPSA) is 64.6 Å². The van der Waals surface area contributed by atoms with E-state index in [9.17, 15) is 9.90 Å². The lowest BCUT2D eigenvalue weighted by Crippen LogP contribution is -2.49. The minimum Gasteiger partial charge on any atom is -0.392 e. The first-order chi connectivity index (χ1) is 11.2. The lowest BCUT2D eigenvalue weighted by molar-refractivity contribution is -0.123. The normalized spacial score (nSPS) is 26.4. The van der Waals surface area contributed by atoms with Gasteiger partial charge in [0.05, 0.1) is 12.1 Å². The summed E-state index contributed by atoms with van der Waals surface area (Å²) in [6.07, 6.45) is 3.72. The van der Waals surface area contributed by atoms with Crippen LogP contribution in [-0.2, 0) is 11.3 Å². The summed E-state index contributed by atoms with van der Waals surface area (Å²) in [7, 11) is 0. The zero-order valence-electron chi connectivity index (χ0n) is 14.4. The average molecular weight is 390 g/mol. The van der Waals surface area contributed by atoms with Crippen LogP contribution in [0.4, 0.5) is 0 Å². The first kappa shape index (κ1) is 22.2. The van der Waals surface area contributed by atoms with E-state index in [2.05, 4.69) is 39.8 Å². The maximum Gasteiger partial charge on any atom is 0.237 e. The van der Waals surface area contributed by atoms with Gasteiger partial charge in [-0.25, -0.2) is 0 Å². The van der Waals surface area contributed by atoms with E-state index in [-0.39, 0.29) is 36.8 Å². The number of piperidine rings is 1. The van der Waals surface area contributed by atoms with Crippen LogP contribution in [0.15, 0.2) is 30.3 Å². The van der Waals surface area contributed by atoms with Crippen LogP contribution in [0, 0.1) is 0 Å². The molecule has 1 aromatic carbocycles. The number of hydrogen-bond donors (Lipinski definition) is 3. The fraction of sp³-hybridized carbons (Fsp3) is 0.611. The molecule has 2 aliphatic heterocycles. The molecule has 1 amide bonds. The summed E-state index contributed by atoms with van der Waals surface area (Å²) in [6, 6.07) is 10.7. The van der Waals surface area contributed by atoms with Gasteiger partial charge in [0.25, 0.3) is 0 Å². The highest BCUT2D eigenvalue weighted by Gasteiger charge is 2.29. The van der Waals surface area contributed by atoms with Gasteiger partial charge < -0.3 is 15.7 Å². The predicted molar refractivity (Wildman–Crippen MR) is 104 cm³/mol. The molecule has 142 valence electrons. The Kier molecular flexibility index (Phi) is 9.75. The molecule has 3 N–H and O–H groups in total. The zero-order chi connectivity index (χ0) is 16.1. The third-order valence-corrected chi connectivity index (χ3v) is 4.91. The van der Waals surface area contributed by atoms with Gasteiger partial charge >= 0.3 is 0 Å². The predicted octanol–water partition coefficient (Wildman–Crippen LogP) is 1.72.